The molecule has 3 N–H and O–H groups in total. The molecule has 0 saturated carbocycles. The molecule has 2 atom stereocenters. The van der Waals surface area contributed by atoms with E-state index in [-0.39, 0.29) is 5.69 Å². The molecule has 3 amide bonds. The number of hydrogen-bond acceptors (Lipinski definition) is 5. The first-order valence-corrected chi connectivity index (χ1v) is 9.29. The van der Waals surface area contributed by atoms with Gasteiger partial charge in [-0.05, 0) is 42.0 Å². The van der Waals surface area contributed by atoms with Crippen molar-refractivity contribution in [2.75, 3.05) is 10.6 Å². The van der Waals surface area contributed by atoms with E-state index in [0.717, 1.165) is 28.0 Å². The number of para-hydroxylation sites is 1. The molecule has 3 aromatic rings. The van der Waals surface area contributed by atoms with Crippen molar-refractivity contribution in [2.24, 2.45) is 0 Å². The molecule has 160 valence electrons. The summed E-state index contributed by atoms with van der Waals surface area (Å²) >= 11 is 0. The van der Waals surface area contributed by atoms with Crippen LogP contribution in [0, 0.1) is 0 Å². The molecule has 0 aliphatic carbocycles. The number of carbonyl (C=O) groups is 2. The fourth-order valence-corrected chi connectivity index (χ4v) is 3.68. The van der Waals surface area contributed by atoms with Gasteiger partial charge < -0.3 is 15.8 Å². The number of nitrogens with zero attached hydrogens (tertiary/aromatic N) is 2. The van der Waals surface area contributed by atoms with Crippen molar-refractivity contribution < 1.29 is 27.5 Å². The minimum absolute atomic E-state index is 0.135. The predicted molar refractivity (Wildman–Crippen MR) is 108 cm³/mol. The van der Waals surface area contributed by atoms with Gasteiger partial charge in [-0.15, -0.1) is 13.2 Å². The Bertz CT molecular complexity index is 1160. The molecule has 1 aromatic heterocycles. The Balaban J connectivity index is 1.61. The number of imide groups is 1. The highest BCUT2D eigenvalue weighted by Gasteiger charge is 2.42. The van der Waals surface area contributed by atoms with Crippen LogP contribution in [-0.2, 0) is 4.79 Å². The Labute approximate surface area is 174 Å². The van der Waals surface area contributed by atoms with Gasteiger partial charge in [0.05, 0.1) is 16.9 Å². The van der Waals surface area contributed by atoms with Crippen LogP contribution in [-0.4, -0.2) is 29.3 Å². The number of urea groups is 1. The van der Waals surface area contributed by atoms with Gasteiger partial charge in [-0.2, -0.15) is 0 Å². The van der Waals surface area contributed by atoms with Crippen LogP contribution in [0.2, 0.25) is 0 Å². The zero-order chi connectivity index (χ0) is 22.3. The topological polar surface area (TPSA) is 97.5 Å². The summed E-state index contributed by atoms with van der Waals surface area (Å²) in [5.41, 5.74) is 8.00. The van der Waals surface area contributed by atoms with Crippen LogP contribution >= 0.6 is 0 Å². The molecule has 0 radical (unpaired) electrons. The van der Waals surface area contributed by atoms with Crippen molar-refractivity contribution in [3.8, 4) is 5.75 Å². The summed E-state index contributed by atoms with van der Waals surface area (Å²) in [4.78, 5) is 30.7. The Morgan fingerprint density at radius 2 is 1.84 bits per heavy atom. The van der Waals surface area contributed by atoms with Crippen LogP contribution in [0.15, 0.2) is 54.7 Å². The third-order valence-electron chi connectivity index (χ3n) is 5.12. The Hall–Kier alpha value is -3.82. The van der Waals surface area contributed by atoms with E-state index in [1.54, 1.807) is 31.3 Å². The Morgan fingerprint density at radius 1 is 1.13 bits per heavy atom. The number of pyridine rings is 1. The molecule has 1 fully saturated rings. The SMILES string of the molecule is CC(c1ccnc2c(N)cccc12)C1NC(=O)N(c2ccc(OC(F)(F)F)cc2)C1=O. The number of rotatable bonds is 4. The largest absolute Gasteiger partial charge is 0.573 e. The zero-order valence-corrected chi connectivity index (χ0v) is 16.2. The number of nitrogen functional groups attached to an aromatic ring is 1. The average molecular weight is 430 g/mol. The summed E-state index contributed by atoms with van der Waals surface area (Å²) < 4.78 is 40.8. The molecule has 1 saturated heterocycles. The molecule has 2 unspecified atom stereocenters. The van der Waals surface area contributed by atoms with Gasteiger partial charge in [0.15, 0.2) is 0 Å². The third-order valence-corrected chi connectivity index (χ3v) is 5.12. The van der Waals surface area contributed by atoms with Crippen LogP contribution in [0.5, 0.6) is 5.75 Å². The number of alkyl halides is 3. The summed E-state index contributed by atoms with van der Waals surface area (Å²) in [6.07, 6.45) is -3.25. The van der Waals surface area contributed by atoms with E-state index in [0.29, 0.717) is 11.2 Å². The number of ether oxygens (including phenoxy) is 1. The van der Waals surface area contributed by atoms with Crippen molar-refractivity contribution in [1.82, 2.24) is 10.3 Å². The van der Waals surface area contributed by atoms with Gasteiger partial charge in [0.25, 0.3) is 5.91 Å². The maximum absolute atomic E-state index is 13.0. The molecule has 2 aromatic carbocycles. The molecule has 7 nitrogen and oxygen atoms in total. The lowest BCUT2D eigenvalue weighted by atomic mass is 9.90. The molecular weight excluding hydrogens is 413 g/mol. The van der Waals surface area contributed by atoms with Crippen LogP contribution < -0.4 is 20.7 Å². The Morgan fingerprint density at radius 3 is 2.52 bits per heavy atom. The van der Waals surface area contributed by atoms with E-state index in [1.165, 1.54) is 12.1 Å². The number of nitrogens with two attached hydrogens (primary N) is 1. The van der Waals surface area contributed by atoms with E-state index in [1.807, 2.05) is 6.07 Å². The number of hydrogen-bond donors (Lipinski definition) is 2. The van der Waals surface area contributed by atoms with Gasteiger partial charge in [0.1, 0.15) is 11.8 Å². The van der Waals surface area contributed by atoms with Crippen molar-refractivity contribution in [2.45, 2.75) is 25.2 Å². The summed E-state index contributed by atoms with van der Waals surface area (Å²) in [7, 11) is 0. The van der Waals surface area contributed by atoms with Crippen molar-refractivity contribution in [3.05, 3.63) is 60.3 Å². The highest BCUT2D eigenvalue weighted by molar-refractivity contribution is 6.21. The third kappa shape index (κ3) is 3.83. The maximum atomic E-state index is 13.0. The van der Waals surface area contributed by atoms with E-state index in [9.17, 15) is 22.8 Å². The number of aromatic nitrogens is 1. The number of nitrogens with one attached hydrogen (secondary N) is 1. The normalized spacial score (nSPS) is 17.7. The smallest absolute Gasteiger partial charge is 0.406 e. The zero-order valence-electron chi connectivity index (χ0n) is 16.2. The standard InChI is InChI=1S/C21H17F3N4O3/c1-11(14-9-10-26-18-15(14)3-2-4-16(18)25)17-19(29)28(20(30)27-17)12-5-7-13(8-6-12)31-21(22,23)24/h2-11,17H,25H2,1H3,(H,27,30). The second kappa shape index (κ2) is 7.46. The molecular formula is C21H17F3N4O3. The van der Waals surface area contributed by atoms with Crippen LogP contribution in [0.3, 0.4) is 0 Å². The minimum Gasteiger partial charge on any atom is -0.406 e. The van der Waals surface area contributed by atoms with E-state index >= 15 is 0 Å². The van der Waals surface area contributed by atoms with E-state index in [4.69, 9.17) is 5.73 Å². The monoisotopic (exact) mass is 430 g/mol. The number of halogens is 3. The lowest BCUT2D eigenvalue weighted by Crippen LogP contribution is -2.35. The summed E-state index contributed by atoms with van der Waals surface area (Å²) in [5.74, 6) is -1.38. The summed E-state index contributed by atoms with van der Waals surface area (Å²) in [6, 6.07) is 10.1. The molecule has 4 rings (SSSR count). The minimum atomic E-state index is -4.83. The Kier molecular flexibility index (Phi) is 4.92. The quantitative estimate of drug-likeness (QED) is 0.483. The lowest BCUT2D eigenvalue weighted by molar-refractivity contribution is -0.274. The molecule has 0 bridgehead atoms. The van der Waals surface area contributed by atoms with Gasteiger partial charge in [0, 0.05) is 17.5 Å². The number of carbonyl (C=O) groups excluding carboxylic acids is 2. The molecule has 10 heteroatoms. The number of fused-ring (bicyclic) bond motifs is 1. The molecule has 2 heterocycles. The highest BCUT2D eigenvalue weighted by atomic mass is 19.4. The second-order valence-corrected chi connectivity index (χ2v) is 7.07. The van der Waals surface area contributed by atoms with Crippen molar-refractivity contribution in [3.63, 3.8) is 0 Å². The second-order valence-electron chi connectivity index (χ2n) is 7.07. The van der Waals surface area contributed by atoms with Crippen molar-refractivity contribution >= 4 is 34.2 Å². The fraction of sp³-hybridized carbons (Fsp3) is 0.190. The van der Waals surface area contributed by atoms with Crippen LogP contribution in [0.25, 0.3) is 10.9 Å². The van der Waals surface area contributed by atoms with Gasteiger partial charge in [0.2, 0.25) is 0 Å². The number of anilines is 2. The lowest BCUT2D eigenvalue weighted by Gasteiger charge is -2.20. The first-order valence-electron chi connectivity index (χ1n) is 9.29. The van der Waals surface area contributed by atoms with E-state index in [2.05, 4.69) is 15.0 Å². The maximum Gasteiger partial charge on any atom is 0.573 e. The highest BCUT2D eigenvalue weighted by Crippen LogP contribution is 2.33. The summed E-state index contributed by atoms with van der Waals surface area (Å²) in [5, 5.41) is 3.42. The molecule has 0 spiro atoms. The fourth-order valence-electron chi connectivity index (χ4n) is 3.68. The number of benzene rings is 2. The summed E-state index contributed by atoms with van der Waals surface area (Å²) in [6.45, 7) is 1.80. The molecule has 31 heavy (non-hydrogen) atoms. The van der Waals surface area contributed by atoms with Gasteiger partial charge >= 0.3 is 12.4 Å². The first-order chi connectivity index (χ1) is 14.7. The van der Waals surface area contributed by atoms with Crippen LogP contribution in [0.1, 0.15) is 18.4 Å². The van der Waals surface area contributed by atoms with Gasteiger partial charge in [-0.1, -0.05) is 19.1 Å². The predicted octanol–water partition coefficient (Wildman–Crippen LogP) is 3.94. The molecule has 1 aliphatic heterocycles. The van der Waals surface area contributed by atoms with E-state index < -0.39 is 36.0 Å². The molecule has 1 aliphatic rings. The first kappa shape index (κ1) is 20.5. The van der Waals surface area contributed by atoms with Crippen LogP contribution in [0.4, 0.5) is 29.3 Å². The van der Waals surface area contributed by atoms with Gasteiger partial charge in [-0.3, -0.25) is 9.78 Å². The number of amides is 3. The van der Waals surface area contributed by atoms with Crippen molar-refractivity contribution in [1.29, 1.82) is 0 Å². The average Bonchev–Trinajstić information content (AvgIpc) is 3.01. The van der Waals surface area contributed by atoms with Gasteiger partial charge in [-0.25, -0.2) is 9.69 Å².